The van der Waals surface area contributed by atoms with E-state index in [1.165, 1.54) is 12.4 Å². The molecule has 0 aliphatic carbocycles. The Morgan fingerprint density at radius 3 is 2.77 bits per heavy atom. The molecule has 0 radical (unpaired) electrons. The van der Waals surface area contributed by atoms with Gasteiger partial charge in [0, 0.05) is 13.6 Å². The summed E-state index contributed by atoms with van der Waals surface area (Å²) in [6.07, 6.45) is 6.19. The van der Waals surface area contributed by atoms with Crippen LogP contribution < -0.4 is 16.8 Å². The van der Waals surface area contributed by atoms with Crippen LogP contribution in [0.2, 0.25) is 0 Å². The third-order valence-corrected chi connectivity index (χ3v) is 4.52. The highest BCUT2D eigenvalue weighted by atomic mass is 16.2. The minimum Gasteiger partial charge on any atom is -0.405 e. The predicted octanol–water partition coefficient (Wildman–Crippen LogP) is 1.08. The molecule has 0 bridgehead atoms. The molecule has 1 aliphatic heterocycles. The van der Waals surface area contributed by atoms with Crippen LogP contribution in [0, 0.1) is 12.8 Å². The number of aryl methyl sites for hydroxylation is 1. The number of aliphatic imine (C=N–C) groups is 1. The van der Waals surface area contributed by atoms with Crippen LogP contribution in [0.1, 0.15) is 25.3 Å². The Labute approximate surface area is 153 Å². The van der Waals surface area contributed by atoms with Crippen molar-refractivity contribution in [2.45, 2.75) is 32.7 Å². The zero-order valence-electron chi connectivity index (χ0n) is 15.4. The van der Waals surface area contributed by atoms with E-state index in [1.807, 2.05) is 0 Å². The van der Waals surface area contributed by atoms with Crippen LogP contribution in [-0.4, -0.2) is 47.0 Å². The van der Waals surface area contributed by atoms with Crippen LogP contribution in [0.15, 0.2) is 29.5 Å². The van der Waals surface area contributed by atoms with Crippen molar-refractivity contribution in [1.82, 2.24) is 9.88 Å². The van der Waals surface area contributed by atoms with Gasteiger partial charge in [-0.05, 0) is 49.6 Å². The van der Waals surface area contributed by atoms with Gasteiger partial charge in [-0.2, -0.15) is 0 Å². The van der Waals surface area contributed by atoms with Gasteiger partial charge in [0.25, 0.3) is 0 Å². The number of hydrogen-bond acceptors (Lipinski definition) is 6. The molecule has 2 rings (SSSR count). The van der Waals surface area contributed by atoms with Gasteiger partial charge in [0.1, 0.15) is 5.82 Å². The van der Waals surface area contributed by atoms with Crippen LogP contribution in [0.25, 0.3) is 0 Å². The Hall–Kier alpha value is -2.90. The summed E-state index contributed by atoms with van der Waals surface area (Å²) in [6, 6.07) is 1.42. The fourth-order valence-corrected chi connectivity index (χ4v) is 3.09. The summed E-state index contributed by atoms with van der Waals surface area (Å²) >= 11 is 0. The average Bonchev–Trinajstić information content (AvgIpc) is 2.62. The molecule has 1 aromatic heterocycles. The fraction of sp³-hybridized carbons (Fsp3) is 0.444. The smallest absolute Gasteiger partial charge is 0.313 e. The highest BCUT2D eigenvalue weighted by molar-refractivity contribution is 6.40. The van der Waals surface area contributed by atoms with Crippen molar-refractivity contribution in [3.8, 4) is 0 Å². The topological polar surface area (TPSA) is 127 Å². The van der Waals surface area contributed by atoms with Crippen LogP contribution in [0.5, 0.6) is 0 Å². The summed E-state index contributed by atoms with van der Waals surface area (Å²) in [6.45, 7) is 4.34. The highest BCUT2D eigenvalue weighted by Gasteiger charge is 2.35. The number of nitrogens with zero attached hydrogens (tertiary/aromatic N) is 3. The number of carbonyl (C=O) groups excluding carboxylic acids is 2. The molecule has 5 N–H and O–H groups in total. The van der Waals surface area contributed by atoms with Gasteiger partial charge >= 0.3 is 11.8 Å². The van der Waals surface area contributed by atoms with E-state index in [1.54, 1.807) is 31.0 Å². The van der Waals surface area contributed by atoms with Gasteiger partial charge in [-0.3, -0.25) is 14.6 Å². The molecule has 1 aromatic rings. The van der Waals surface area contributed by atoms with Crippen LogP contribution >= 0.6 is 0 Å². The maximum Gasteiger partial charge on any atom is 0.313 e. The SMILES string of the molecule is CN=C(C=CN)[C@H]1CC[C@@H](C)CN1C(=O)C(=O)Nc1cnc(N)c(C)c1. The van der Waals surface area contributed by atoms with E-state index in [-0.39, 0.29) is 6.04 Å². The monoisotopic (exact) mass is 358 g/mol. The van der Waals surface area contributed by atoms with Crippen molar-refractivity contribution in [2.75, 3.05) is 24.6 Å². The number of piperidine rings is 1. The van der Waals surface area contributed by atoms with Gasteiger partial charge in [0.15, 0.2) is 0 Å². The second-order valence-corrected chi connectivity index (χ2v) is 6.54. The van der Waals surface area contributed by atoms with Gasteiger partial charge in [-0.25, -0.2) is 4.98 Å². The number of anilines is 2. The van der Waals surface area contributed by atoms with E-state index in [0.717, 1.165) is 18.4 Å². The number of pyridine rings is 1. The van der Waals surface area contributed by atoms with Gasteiger partial charge in [0.2, 0.25) is 0 Å². The first-order valence-electron chi connectivity index (χ1n) is 8.56. The number of rotatable bonds is 3. The number of nitrogens with two attached hydrogens (primary N) is 2. The number of carbonyl (C=O) groups is 2. The normalized spacial score (nSPS) is 21.0. The van der Waals surface area contributed by atoms with Gasteiger partial charge in [-0.15, -0.1) is 0 Å². The summed E-state index contributed by atoms with van der Waals surface area (Å²) < 4.78 is 0. The van der Waals surface area contributed by atoms with Crippen LogP contribution in [-0.2, 0) is 9.59 Å². The van der Waals surface area contributed by atoms with E-state index in [2.05, 4.69) is 22.2 Å². The third kappa shape index (κ3) is 4.38. The number of nitrogen functional groups attached to an aromatic ring is 1. The zero-order valence-corrected chi connectivity index (χ0v) is 15.4. The lowest BCUT2D eigenvalue weighted by Gasteiger charge is -2.38. The predicted molar refractivity (Wildman–Crippen MR) is 103 cm³/mol. The van der Waals surface area contributed by atoms with Gasteiger partial charge in [0.05, 0.1) is 23.6 Å². The van der Waals surface area contributed by atoms with Crippen molar-refractivity contribution >= 4 is 29.0 Å². The minimum atomic E-state index is -0.706. The van der Waals surface area contributed by atoms with Crippen LogP contribution in [0.4, 0.5) is 11.5 Å². The van der Waals surface area contributed by atoms with Crippen molar-refractivity contribution in [3.05, 3.63) is 30.1 Å². The number of hydrogen-bond donors (Lipinski definition) is 3. The van der Waals surface area contributed by atoms with E-state index in [4.69, 9.17) is 11.5 Å². The molecule has 1 fully saturated rings. The number of likely N-dealkylation sites (tertiary alicyclic amines) is 1. The summed E-state index contributed by atoms with van der Waals surface area (Å²) in [4.78, 5) is 35.1. The first-order chi connectivity index (χ1) is 12.4. The lowest BCUT2D eigenvalue weighted by atomic mass is 9.91. The third-order valence-electron chi connectivity index (χ3n) is 4.52. The van der Waals surface area contributed by atoms with E-state index in [0.29, 0.717) is 29.7 Å². The zero-order chi connectivity index (χ0) is 19.3. The van der Waals surface area contributed by atoms with E-state index < -0.39 is 11.8 Å². The molecule has 8 nitrogen and oxygen atoms in total. The molecule has 0 saturated carbocycles. The lowest BCUT2D eigenvalue weighted by Crippen LogP contribution is -2.53. The summed E-state index contributed by atoms with van der Waals surface area (Å²) in [5.41, 5.74) is 13.0. The minimum absolute atomic E-state index is 0.263. The molecule has 140 valence electrons. The molecule has 0 aromatic carbocycles. The second kappa shape index (κ2) is 8.46. The van der Waals surface area contributed by atoms with Crippen molar-refractivity contribution in [2.24, 2.45) is 16.6 Å². The molecular formula is C18H26N6O2. The van der Waals surface area contributed by atoms with E-state index >= 15 is 0 Å². The first-order valence-corrected chi connectivity index (χ1v) is 8.56. The molecule has 0 unspecified atom stereocenters. The molecule has 1 aliphatic rings. The quantitative estimate of drug-likeness (QED) is 0.550. The standard InChI is InChI=1S/C18H26N6O2/c1-11-4-5-15(14(21-3)6-7-19)24(10-11)18(26)17(25)23-13-8-12(2)16(20)22-9-13/h6-9,11,15H,4-5,10,19H2,1-3H3,(H2,20,22)(H,23,25)/t11-,15-/m1/s1. The molecule has 2 amide bonds. The van der Waals surface area contributed by atoms with Gasteiger partial charge in [-0.1, -0.05) is 6.92 Å². The maximum absolute atomic E-state index is 12.8. The second-order valence-electron chi connectivity index (χ2n) is 6.54. The molecular weight excluding hydrogens is 332 g/mol. The molecule has 0 spiro atoms. The summed E-state index contributed by atoms with van der Waals surface area (Å²) in [5.74, 6) is -0.607. The Morgan fingerprint density at radius 2 is 2.15 bits per heavy atom. The lowest BCUT2D eigenvalue weighted by molar-refractivity contribution is -0.145. The Kier molecular flexibility index (Phi) is 6.32. The van der Waals surface area contributed by atoms with E-state index in [9.17, 15) is 9.59 Å². The number of aromatic nitrogens is 1. The highest BCUT2D eigenvalue weighted by Crippen LogP contribution is 2.24. The first kappa shape index (κ1) is 19.4. The summed E-state index contributed by atoms with van der Waals surface area (Å²) in [5, 5.41) is 2.60. The summed E-state index contributed by atoms with van der Waals surface area (Å²) in [7, 11) is 1.65. The molecule has 2 heterocycles. The largest absolute Gasteiger partial charge is 0.405 e. The molecule has 2 atom stereocenters. The fourth-order valence-electron chi connectivity index (χ4n) is 3.09. The molecule has 26 heavy (non-hydrogen) atoms. The molecule has 8 heteroatoms. The number of nitrogens with one attached hydrogen (secondary N) is 1. The Morgan fingerprint density at radius 1 is 1.42 bits per heavy atom. The van der Waals surface area contributed by atoms with Gasteiger partial charge < -0.3 is 21.7 Å². The average molecular weight is 358 g/mol. The molecule has 1 saturated heterocycles. The Balaban J connectivity index is 2.19. The van der Waals surface area contributed by atoms with Crippen molar-refractivity contribution < 1.29 is 9.59 Å². The van der Waals surface area contributed by atoms with Crippen molar-refractivity contribution in [3.63, 3.8) is 0 Å². The number of amides is 2. The van der Waals surface area contributed by atoms with Crippen LogP contribution in [0.3, 0.4) is 0 Å². The van der Waals surface area contributed by atoms with Crippen molar-refractivity contribution in [1.29, 1.82) is 0 Å². The maximum atomic E-state index is 12.8. The Bertz CT molecular complexity index is 743.